The molecule has 0 aliphatic carbocycles. The van der Waals surface area contributed by atoms with Gasteiger partial charge in [-0.2, -0.15) is 0 Å². The van der Waals surface area contributed by atoms with Crippen molar-refractivity contribution in [3.8, 4) is 0 Å². The number of hydrogen-bond donors (Lipinski definition) is 1. The van der Waals surface area contributed by atoms with Crippen molar-refractivity contribution in [3.05, 3.63) is 65.3 Å². The molecule has 29 heavy (non-hydrogen) atoms. The van der Waals surface area contributed by atoms with Crippen LogP contribution < -0.4 is 10.6 Å². The second-order valence-corrected chi connectivity index (χ2v) is 6.46. The molecule has 8 heteroatoms. The van der Waals surface area contributed by atoms with E-state index < -0.39 is 23.3 Å². The summed E-state index contributed by atoms with van der Waals surface area (Å²) in [7, 11) is 1.19. The second kappa shape index (κ2) is 7.46. The van der Waals surface area contributed by atoms with Crippen LogP contribution in [0.15, 0.2) is 59.7 Å². The normalized spacial score (nSPS) is 20.5. The van der Waals surface area contributed by atoms with Gasteiger partial charge in [-0.1, -0.05) is 24.3 Å². The van der Waals surface area contributed by atoms with Crippen LogP contribution in [0, 0.1) is 0 Å². The van der Waals surface area contributed by atoms with Crippen LogP contribution in [-0.2, 0) is 34.0 Å². The largest absolute Gasteiger partial charge is 0.466 e. The zero-order valence-electron chi connectivity index (χ0n) is 16.5. The SMILES string of the molecule is C=CCN1C(=O)[C@@]2(C(C(=O)OC)=C(C)OC(N)=C2C(=O)OCC)c2ccccc21. The summed E-state index contributed by atoms with van der Waals surface area (Å²) < 4.78 is 15.6. The number of carbonyl (C=O) groups is 3. The second-order valence-electron chi connectivity index (χ2n) is 6.46. The molecule has 8 nitrogen and oxygen atoms in total. The molecule has 2 heterocycles. The van der Waals surface area contributed by atoms with Gasteiger partial charge in [-0.25, -0.2) is 9.59 Å². The number of amides is 1. The van der Waals surface area contributed by atoms with E-state index in [1.165, 1.54) is 18.9 Å². The maximum absolute atomic E-state index is 13.9. The zero-order chi connectivity index (χ0) is 21.3. The number of anilines is 1. The quantitative estimate of drug-likeness (QED) is 0.594. The highest BCUT2D eigenvalue weighted by atomic mass is 16.5. The van der Waals surface area contributed by atoms with E-state index in [1.54, 1.807) is 37.3 Å². The summed E-state index contributed by atoms with van der Waals surface area (Å²) in [6.45, 7) is 7.04. The molecule has 0 aromatic heterocycles. The van der Waals surface area contributed by atoms with Gasteiger partial charge in [0.2, 0.25) is 11.8 Å². The number of allylic oxidation sites excluding steroid dienone is 1. The van der Waals surface area contributed by atoms with Gasteiger partial charge < -0.3 is 24.8 Å². The summed E-state index contributed by atoms with van der Waals surface area (Å²) in [5.74, 6) is -2.40. The number of methoxy groups -OCH3 is 1. The van der Waals surface area contributed by atoms with Gasteiger partial charge in [0.1, 0.15) is 22.3 Å². The third-order valence-electron chi connectivity index (χ3n) is 4.96. The molecule has 0 unspecified atom stereocenters. The topological polar surface area (TPSA) is 108 Å². The number of benzene rings is 1. The maximum Gasteiger partial charge on any atom is 0.341 e. The minimum absolute atomic E-state index is 0.0498. The Labute approximate surface area is 168 Å². The number of rotatable bonds is 5. The Morgan fingerprint density at radius 1 is 1.28 bits per heavy atom. The lowest BCUT2D eigenvalue weighted by Crippen LogP contribution is -2.50. The van der Waals surface area contributed by atoms with E-state index in [0.29, 0.717) is 11.3 Å². The van der Waals surface area contributed by atoms with Crippen molar-refractivity contribution in [3.63, 3.8) is 0 Å². The molecule has 0 bridgehead atoms. The number of hydrogen-bond acceptors (Lipinski definition) is 7. The smallest absolute Gasteiger partial charge is 0.341 e. The molecule has 1 aromatic rings. The minimum atomic E-state index is -1.84. The fourth-order valence-electron chi connectivity index (χ4n) is 3.94. The van der Waals surface area contributed by atoms with Crippen LogP contribution in [0.2, 0.25) is 0 Å². The Hall–Kier alpha value is -3.55. The standard InChI is InChI=1S/C21H22N2O6/c1-5-11-23-14-10-8-7-9-13(14)21(20(23)26)15(18(24)27-4)12(3)29-17(22)16(21)19(25)28-6-2/h5,7-10H,1,6,11,22H2,2-4H3/t21-/m1/s1. The molecule has 2 N–H and O–H groups in total. The number of fused-ring (bicyclic) bond motifs is 2. The minimum Gasteiger partial charge on any atom is -0.466 e. The van der Waals surface area contributed by atoms with E-state index in [2.05, 4.69) is 6.58 Å². The summed E-state index contributed by atoms with van der Waals surface area (Å²) in [4.78, 5) is 41.1. The van der Waals surface area contributed by atoms with Gasteiger partial charge in [-0.05, 0) is 19.9 Å². The molecule has 0 radical (unpaired) electrons. The molecular formula is C21H22N2O6. The lowest BCUT2D eigenvalue weighted by Gasteiger charge is -2.36. The van der Waals surface area contributed by atoms with Crippen LogP contribution in [-0.4, -0.2) is 38.1 Å². The predicted molar refractivity (Wildman–Crippen MR) is 104 cm³/mol. The lowest BCUT2D eigenvalue weighted by atomic mass is 9.67. The van der Waals surface area contributed by atoms with Crippen molar-refractivity contribution in [2.45, 2.75) is 19.3 Å². The van der Waals surface area contributed by atoms with Gasteiger partial charge in [-0.15, -0.1) is 6.58 Å². The lowest BCUT2D eigenvalue weighted by molar-refractivity contribution is -0.142. The zero-order valence-corrected chi connectivity index (χ0v) is 16.5. The summed E-state index contributed by atoms with van der Waals surface area (Å²) in [5, 5.41) is 0. The average molecular weight is 398 g/mol. The molecule has 1 aromatic carbocycles. The van der Waals surface area contributed by atoms with Gasteiger partial charge in [-0.3, -0.25) is 4.79 Å². The predicted octanol–water partition coefficient (Wildman–Crippen LogP) is 1.67. The number of esters is 2. The molecule has 2 aliphatic heterocycles. The number of nitrogens with two attached hydrogens (primary N) is 1. The number of para-hydroxylation sites is 1. The molecule has 0 saturated carbocycles. The van der Waals surface area contributed by atoms with E-state index in [4.69, 9.17) is 19.9 Å². The highest BCUT2D eigenvalue weighted by Crippen LogP contribution is 2.54. The first-order valence-corrected chi connectivity index (χ1v) is 9.03. The van der Waals surface area contributed by atoms with Gasteiger partial charge in [0, 0.05) is 17.8 Å². The van der Waals surface area contributed by atoms with Crippen LogP contribution >= 0.6 is 0 Å². The Balaban J connectivity index is 2.45. The number of nitrogens with zero attached hydrogens (tertiary/aromatic N) is 1. The first-order chi connectivity index (χ1) is 13.9. The van der Waals surface area contributed by atoms with Crippen molar-refractivity contribution in [2.75, 3.05) is 25.2 Å². The average Bonchev–Trinajstić information content (AvgIpc) is 2.91. The van der Waals surface area contributed by atoms with E-state index in [9.17, 15) is 14.4 Å². The first kappa shape index (κ1) is 20.2. The van der Waals surface area contributed by atoms with E-state index in [1.807, 2.05) is 0 Å². The maximum atomic E-state index is 13.9. The van der Waals surface area contributed by atoms with E-state index >= 15 is 0 Å². The molecule has 3 rings (SSSR count). The number of ether oxygens (including phenoxy) is 3. The molecule has 1 amide bonds. The van der Waals surface area contributed by atoms with Gasteiger partial charge >= 0.3 is 11.9 Å². The Morgan fingerprint density at radius 3 is 2.59 bits per heavy atom. The van der Waals surface area contributed by atoms with Crippen molar-refractivity contribution in [1.29, 1.82) is 0 Å². The summed E-state index contributed by atoms with van der Waals surface area (Å²) in [5.41, 5.74) is 4.83. The molecule has 1 atom stereocenters. The first-order valence-electron chi connectivity index (χ1n) is 9.03. The van der Waals surface area contributed by atoms with Crippen molar-refractivity contribution < 1.29 is 28.6 Å². The van der Waals surface area contributed by atoms with Crippen LogP contribution in [0.3, 0.4) is 0 Å². The van der Waals surface area contributed by atoms with Crippen molar-refractivity contribution in [1.82, 2.24) is 0 Å². The Morgan fingerprint density at radius 2 is 1.97 bits per heavy atom. The van der Waals surface area contributed by atoms with Crippen LogP contribution in [0.5, 0.6) is 0 Å². The molecule has 0 saturated heterocycles. The molecule has 2 aliphatic rings. The third kappa shape index (κ3) is 2.71. The summed E-state index contributed by atoms with van der Waals surface area (Å²) >= 11 is 0. The monoisotopic (exact) mass is 398 g/mol. The molecule has 1 spiro atoms. The van der Waals surface area contributed by atoms with Gasteiger partial charge in [0.05, 0.1) is 13.7 Å². The fraction of sp³-hybridized carbons (Fsp3) is 0.286. The van der Waals surface area contributed by atoms with Gasteiger partial charge in [0.25, 0.3) is 0 Å². The van der Waals surface area contributed by atoms with E-state index in [-0.39, 0.29) is 35.9 Å². The van der Waals surface area contributed by atoms with Crippen LogP contribution in [0.4, 0.5) is 5.69 Å². The molecule has 0 fully saturated rings. The van der Waals surface area contributed by atoms with E-state index in [0.717, 1.165) is 0 Å². The van der Waals surface area contributed by atoms with Gasteiger partial charge in [0.15, 0.2) is 0 Å². The molecular weight excluding hydrogens is 376 g/mol. The van der Waals surface area contributed by atoms with Crippen molar-refractivity contribution in [2.24, 2.45) is 5.73 Å². The van der Waals surface area contributed by atoms with Crippen LogP contribution in [0.25, 0.3) is 0 Å². The van der Waals surface area contributed by atoms with Crippen LogP contribution in [0.1, 0.15) is 19.4 Å². The highest BCUT2D eigenvalue weighted by molar-refractivity contribution is 6.22. The fourth-order valence-corrected chi connectivity index (χ4v) is 3.94. The highest BCUT2D eigenvalue weighted by Gasteiger charge is 2.63. The third-order valence-corrected chi connectivity index (χ3v) is 4.96. The Bertz CT molecular complexity index is 977. The Kier molecular flexibility index (Phi) is 5.19. The molecule has 152 valence electrons. The van der Waals surface area contributed by atoms with Crippen molar-refractivity contribution >= 4 is 23.5 Å². The summed E-state index contributed by atoms with van der Waals surface area (Å²) in [6.07, 6.45) is 1.55. The summed E-state index contributed by atoms with van der Waals surface area (Å²) in [6, 6.07) is 6.87. The number of carbonyl (C=O) groups excluding carboxylic acids is 3.